The van der Waals surface area contributed by atoms with Crippen molar-refractivity contribution in [1.29, 1.82) is 0 Å². The highest BCUT2D eigenvalue weighted by molar-refractivity contribution is 6.00. The lowest BCUT2D eigenvalue weighted by Gasteiger charge is -2.18. The summed E-state index contributed by atoms with van der Waals surface area (Å²) in [6.45, 7) is 4.51. The van der Waals surface area contributed by atoms with Crippen LogP contribution < -0.4 is 10.2 Å². The van der Waals surface area contributed by atoms with Crippen molar-refractivity contribution in [3.05, 3.63) is 30.1 Å². The normalized spacial score (nSPS) is 18.1. The molecule has 1 saturated heterocycles. The first-order valence-corrected chi connectivity index (χ1v) is 7.54. The van der Waals surface area contributed by atoms with E-state index >= 15 is 0 Å². The standard InChI is InChI=1S/C16H22FN3O2/c1-3-19(2)9-8-18-16(22)12-10-15(21)20(11-12)14-7-5-4-6-13(14)17/h4-7,12H,3,8-11H2,1-2H3,(H,18,22). The molecule has 120 valence electrons. The Hall–Kier alpha value is -1.95. The number of carbonyl (C=O) groups is 2. The van der Waals surface area contributed by atoms with Gasteiger partial charge in [0.2, 0.25) is 11.8 Å². The molecule has 6 heteroatoms. The molecule has 22 heavy (non-hydrogen) atoms. The van der Waals surface area contributed by atoms with Crippen molar-refractivity contribution in [2.24, 2.45) is 5.92 Å². The zero-order valence-corrected chi connectivity index (χ0v) is 13.0. The maximum Gasteiger partial charge on any atom is 0.227 e. The summed E-state index contributed by atoms with van der Waals surface area (Å²) in [5.74, 6) is -1.21. The first kappa shape index (κ1) is 16.4. The second-order valence-corrected chi connectivity index (χ2v) is 5.54. The monoisotopic (exact) mass is 307 g/mol. The molecule has 2 rings (SSSR count). The SMILES string of the molecule is CCN(C)CCNC(=O)C1CC(=O)N(c2ccccc2F)C1. The Morgan fingerprint density at radius 2 is 2.18 bits per heavy atom. The lowest BCUT2D eigenvalue weighted by molar-refractivity contribution is -0.126. The molecule has 0 radical (unpaired) electrons. The van der Waals surface area contributed by atoms with E-state index in [2.05, 4.69) is 10.2 Å². The number of likely N-dealkylation sites (N-methyl/N-ethyl adjacent to an activating group) is 1. The van der Waals surface area contributed by atoms with Gasteiger partial charge in [0.25, 0.3) is 0 Å². The van der Waals surface area contributed by atoms with E-state index in [9.17, 15) is 14.0 Å². The number of hydrogen-bond acceptors (Lipinski definition) is 3. The smallest absolute Gasteiger partial charge is 0.227 e. The van der Waals surface area contributed by atoms with Gasteiger partial charge in [-0.2, -0.15) is 0 Å². The van der Waals surface area contributed by atoms with Crippen LogP contribution in [0.15, 0.2) is 24.3 Å². The van der Waals surface area contributed by atoms with Crippen LogP contribution in [-0.4, -0.2) is 49.9 Å². The zero-order valence-electron chi connectivity index (χ0n) is 13.0. The number of nitrogens with zero attached hydrogens (tertiary/aromatic N) is 2. The van der Waals surface area contributed by atoms with E-state index in [0.29, 0.717) is 6.54 Å². The maximum atomic E-state index is 13.8. The van der Waals surface area contributed by atoms with E-state index in [-0.39, 0.29) is 30.5 Å². The van der Waals surface area contributed by atoms with Gasteiger partial charge in [0, 0.05) is 26.1 Å². The number of carbonyl (C=O) groups excluding carboxylic acids is 2. The molecule has 1 aromatic carbocycles. The summed E-state index contributed by atoms with van der Waals surface area (Å²) >= 11 is 0. The number of nitrogens with one attached hydrogen (secondary N) is 1. The summed E-state index contributed by atoms with van der Waals surface area (Å²) in [5, 5.41) is 2.84. The van der Waals surface area contributed by atoms with Gasteiger partial charge in [-0.3, -0.25) is 9.59 Å². The molecule has 1 aliphatic rings. The van der Waals surface area contributed by atoms with Gasteiger partial charge in [-0.25, -0.2) is 4.39 Å². The molecule has 1 unspecified atom stereocenters. The Kier molecular flexibility index (Phi) is 5.49. The van der Waals surface area contributed by atoms with Crippen LogP contribution in [0.5, 0.6) is 0 Å². The van der Waals surface area contributed by atoms with Crippen LogP contribution in [0.3, 0.4) is 0 Å². The van der Waals surface area contributed by atoms with Gasteiger partial charge in [0.05, 0.1) is 11.6 Å². The number of hydrogen-bond donors (Lipinski definition) is 1. The largest absolute Gasteiger partial charge is 0.355 e. The average molecular weight is 307 g/mol. The first-order chi connectivity index (χ1) is 10.5. The van der Waals surface area contributed by atoms with E-state index in [1.807, 2.05) is 14.0 Å². The minimum absolute atomic E-state index is 0.129. The van der Waals surface area contributed by atoms with E-state index in [1.54, 1.807) is 18.2 Å². The number of halogens is 1. The van der Waals surface area contributed by atoms with Crippen molar-refractivity contribution in [2.75, 3.05) is 38.1 Å². The molecular weight excluding hydrogens is 285 g/mol. The van der Waals surface area contributed by atoms with E-state index in [1.165, 1.54) is 11.0 Å². The molecule has 1 aliphatic heterocycles. The molecule has 1 fully saturated rings. The van der Waals surface area contributed by atoms with Gasteiger partial charge >= 0.3 is 0 Å². The van der Waals surface area contributed by atoms with Gasteiger partial charge in [-0.05, 0) is 25.7 Å². The van der Waals surface area contributed by atoms with Gasteiger partial charge in [-0.15, -0.1) is 0 Å². The van der Waals surface area contributed by atoms with Crippen LogP contribution >= 0.6 is 0 Å². The topological polar surface area (TPSA) is 52.7 Å². The second kappa shape index (κ2) is 7.35. The molecule has 1 heterocycles. The van der Waals surface area contributed by atoms with Gasteiger partial charge in [0.15, 0.2) is 0 Å². The third kappa shape index (κ3) is 3.82. The molecule has 2 amide bonds. The predicted octanol–water partition coefficient (Wildman–Crippen LogP) is 1.25. The van der Waals surface area contributed by atoms with Crippen LogP contribution in [0, 0.1) is 11.7 Å². The number of benzene rings is 1. The summed E-state index contributed by atoms with van der Waals surface area (Å²) in [6, 6.07) is 6.13. The number of amides is 2. The summed E-state index contributed by atoms with van der Waals surface area (Å²) < 4.78 is 13.8. The fourth-order valence-corrected chi connectivity index (χ4v) is 2.46. The summed E-state index contributed by atoms with van der Waals surface area (Å²) in [5.41, 5.74) is 0.244. The van der Waals surface area contributed by atoms with Crippen molar-refractivity contribution in [2.45, 2.75) is 13.3 Å². The van der Waals surface area contributed by atoms with Crippen molar-refractivity contribution >= 4 is 17.5 Å². The van der Waals surface area contributed by atoms with Crippen LogP contribution in [0.4, 0.5) is 10.1 Å². The third-order valence-corrected chi connectivity index (χ3v) is 3.97. The minimum Gasteiger partial charge on any atom is -0.355 e. The summed E-state index contributed by atoms with van der Waals surface area (Å²) in [6.07, 6.45) is 0.129. The summed E-state index contributed by atoms with van der Waals surface area (Å²) in [7, 11) is 1.98. The van der Waals surface area contributed by atoms with Crippen molar-refractivity contribution in [1.82, 2.24) is 10.2 Å². The van der Waals surface area contributed by atoms with Gasteiger partial charge in [-0.1, -0.05) is 19.1 Å². The average Bonchev–Trinajstić information content (AvgIpc) is 2.89. The molecule has 0 spiro atoms. The Morgan fingerprint density at radius 1 is 1.45 bits per heavy atom. The lowest BCUT2D eigenvalue weighted by Crippen LogP contribution is -2.37. The van der Waals surface area contributed by atoms with Crippen LogP contribution in [0.1, 0.15) is 13.3 Å². The second-order valence-electron chi connectivity index (χ2n) is 5.54. The molecule has 0 saturated carbocycles. The molecule has 0 aliphatic carbocycles. The van der Waals surface area contributed by atoms with Gasteiger partial charge < -0.3 is 15.1 Å². The van der Waals surface area contributed by atoms with Gasteiger partial charge in [0.1, 0.15) is 5.82 Å². The van der Waals surface area contributed by atoms with Crippen molar-refractivity contribution in [3.63, 3.8) is 0 Å². The molecule has 1 aromatic rings. The number of anilines is 1. The molecule has 5 nitrogen and oxygen atoms in total. The van der Waals surface area contributed by atoms with Crippen LogP contribution in [-0.2, 0) is 9.59 Å². The van der Waals surface area contributed by atoms with E-state index in [4.69, 9.17) is 0 Å². The lowest BCUT2D eigenvalue weighted by atomic mass is 10.1. The number of rotatable bonds is 6. The summed E-state index contributed by atoms with van der Waals surface area (Å²) in [4.78, 5) is 27.6. The fourth-order valence-electron chi connectivity index (χ4n) is 2.46. The van der Waals surface area contributed by atoms with Crippen LogP contribution in [0.2, 0.25) is 0 Å². The first-order valence-electron chi connectivity index (χ1n) is 7.54. The predicted molar refractivity (Wildman–Crippen MR) is 83.0 cm³/mol. The quantitative estimate of drug-likeness (QED) is 0.860. The number of para-hydroxylation sites is 1. The highest BCUT2D eigenvalue weighted by Crippen LogP contribution is 2.27. The van der Waals surface area contributed by atoms with Crippen LogP contribution in [0.25, 0.3) is 0 Å². The minimum atomic E-state index is -0.443. The maximum absolute atomic E-state index is 13.8. The van der Waals surface area contributed by atoms with E-state index in [0.717, 1.165) is 13.1 Å². The third-order valence-electron chi connectivity index (χ3n) is 3.97. The van der Waals surface area contributed by atoms with E-state index < -0.39 is 11.7 Å². The Morgan fingerprint density at radius 3 is 2.86 bits per heavy atom. The van der Waals surface area contributed by atoms with Crippen molar-refractivity contribution in [3.8, 4) is 0 Å². The highest BCUT2D eigenvalue weighted by atomic mass is 19.1. The molecule has 1 N–H and O–H groups in total. The molecule has 1 atom stereocenters. The highest BCUT2D eigenvalue weighted by Gasteiger charge is 2.35. The fraction of sp³-hybridized carbons (Fsp3) is 0.500. The Balaban J connectivity index is 1.92. The molecule has 0 aromatic heterocycles. The Bertz CT molecular complexity index is 550. The Labute approximate surface area is 130 Å². The van der Waals surface area contributed by atoms with Crippen molar-refractivity contribution < 1.29 is 14.0 Å². The molecular formula is C16H22FN3O2. The zero-order chi connectivity index (χ0) is 16.1. The molecule has 0 bridgehead atoms.